The summed E-state index contributed by atoms with van der Waals surface area (Å²) in [5.74, 6) is 0. The highest BCUT2D eigenvalue weighted by Crippen LogP contribution is 2.40. The molecule has 0 amide bonds. The van der Waals surface area contributed by atoms with Crippen LogP contribution in [0.2, 0.25) is 0 Å². The molecule has 0 aliphatic rings. The molecule has 0 spiro atoms. The molecule has 0 saturated heterocycles. The van der Waals surface area contributed by atoms with E-state index in [1.807, 2.05) is 42.5 Å². The number of anilines is 1. The Kier molecular flexibility index (Phi) is 1.96. The molecular formula is C16H10N2O2. The number of hydrogen-bond donors (Lipinski definition) is 1. The number of nitrogens with zero attached hydrogens (tertiary/aromatic N) is 1. The van der Waals surface area contributed by atoms with Gasteiger partial charge in [0.25, 0.3) is 5.69 Å². The molecule has 4 rings (SSSR count). The van der Waals surface area contributed by atoms with E-state index in [-0.39, 0.29) is 11.4 Å². The average molecular weight is 262 g/mol. The molecule has 0 heterocycles. The molecule has 96 valence electrons. The standard InChI is InChI=1S/C16H10N2O2/c17-16-12-7-6-10-3-1-2-9-4-5-11(15(12)14(9)10)8-13(16)18(19)20/h1-8H,17H2. The summed E-state index contributed by atoms with van der Waals surface area (Å²) in [6.45, 7) is 0. The van der Waals surface area contributed by atoms with Crippen LogP contribution in [-0.2, 0) is 0 Å². The van der Waals surface area contributed by atoms with Gasteiger partial charge in [-0.25, -0.2) is 0 Å². The van der Waals surface area contributed by atoms with E-state index in [2.05, 4.69) is 0 Å². The van der Waals surface area contributed by atoms with Crippen LogP contribution in [0.25, 0.3) is 32.3 Å². The van der Waals surface area contributed by atoms with Crippen LogP contribution in [0.4, 0.5) is 11.4 Å². The molecule has 0 unspecified atom stereocenters. The third-order valence-electron chi connectivity index (χ3n) is 3.86. The lowest BCUT2D eigenvalue weighted by Gasteiger charge is -2.12. The molecule has 4 aromatic rings. The lowest BCUT2D eigenvalue weighted by atomic mass is 9.93. The van der Waals surface area contributed by atoms with Crippen molar-refractivity contribution in [2.45, 2.75) is 0 Å². The van der Waals surface area contributed by atoms with E-state index >= 15 is 0 Å². The van der Waals surface area contributed by atoms with E-state index in [4.69, 9.17) is 5.73 Å². The van der Waals surface area contributed by atoms with Gasteiger partial charge in [0.2, 0.25) is 0 Å². The van der Waals surface area contributed by atoms with Gasteiger partial charge in [-0.2, -0.15) is 0 Å². The Morgan fingerprint density at radius 2 is 1.55 bits per heavy atom. The Morgan fingerprint density at radius 3 is 2.25 bits per heavy atom. The maximum atomic E-state index is 11.1. The summed E-state index contributed by atoms with van der Waals surface area (Å²) in [6.07, 6.45) is 0. The molecule has 0 aliphatic heterocycles. The summed E-state index contributed by atoms with van der Waals surface area (Å²) < 4.78 is 0. The molecule has 20 heavy (non-hydrogen) atoms. The lowest BCUT2D eigenvalue weighted by molar-refractivity contribution is -0.383. The first kappa shape index (κ1) is 11.0. The van der Waals surface area contributed by atoms with E-state index in [1.165, 1.54) is 0 Å². The van der Waals surface area contributed by atoms with E-state index in [9.17, 15) is 10.1 Å². The highest BCUT2D eigenvalue weighted by Gasteiger charge is 2.18. The van der Waals surface area contributed by atoms with Gasteiger partial charge in [0.05, 0.1) is 4.92 Å². The molecule has 4 nitrogen and oxygen atoms in total. The number of nitro groups is 1. The molecule has 2 N–H and O–H groups in total. The first-order valence-electron chi connectivity index (χ1n) is 6.27. The van der Waals surface area contributed by atoms with E-state index < -0.39 is 4.92 Å². The Bertz CT molecular complexity index is 976. The summed E-state index contributed by atoms with van der Waals surface area (Å²) in [5, 5.41) is 17.1. The summed E-state index contributed by atoms with van der Waals surface area (Å²) in [4.78, 5) is 10.7. The van der Waals surface area contributed by atoms with E-state index in [0.717, 1.165) is 32.3 Å². The highest BCUT2D eigenvalue weighted by atomic mass is 16.6. The molecule has 0 radical (unpaired) electrons. The molecule has 0 aromatic heterocycles. The monoisotopic (exact) mass is 262 g/mol. The highest BCUT2D eigenvalue weighted by molar-refractivity contribution is 6.26. The Hall–Kier alpha value is -2.88. The Balaban J connectivity index is 2.36. The molecule has 0 fully saturated rings. The summed E-state index contributed by atoms with van der Waals surface area (Å²) in [5.41, 5.74) is 6.19. The van der Waals surface area contributed by atoms with E-state index in [1.54, 1.807) is 6.07 Å². The fourth-order valence-electron chi connectivity index (χ4n) is 2.97. The van der Waals surface area contributed by atoms with Crippen LogP contribution in [0.3, 0.4) is 0 Å². The van der Waals surface area contributed by atoms with Gasteiger partial charge in [-0.3, -0.25) is 10.1 Å². The number of nitro benzene ring substituents is 1. The van der Waals surface area contributed by atoms with Gasteiger partial charge in [-0.15, -0.1) is 0 Å². The second-order valence-corrected chi connectivity index (χ2v) is 4.92. The van der Waals surface area contributed by atoms with Crippen LogP contribution in [0.15, 0.2) is 48.5 Å². The second kappa shape index (κ2) is 3.57. The van der Waals surface area contributed by atoms with Crippen molar-refractivity contribution in [2.24, 2.45) is 0 Å². The quantitative estimate of drug-likeness (QED) is 0.243. The molecule has 0 atom stereocenters. The fourth-order valence-corrected chi connectivity index (χ4v) is 2.97. The number of nitrogen functional groups attached to an aromatic ring is 1. The minimum Gasteiger partial charge on any atom is -0.393 e. The van der Waals surface area contributed by atoms with Gasteiger partial charge < -0.3 is 5.73 Å². The SMILES string of the molecule is Nc1c([N+](=O)[O-])cc2ccc3cccc4ccc1c2c34. The topological polar surface area (TPSA) is 69.2 Å². The number of benzene rings is 4. The summed E-state index contributed by atoms with van der Waals surface area (Å²) >= 11 is 0. The van der Waals surface area contributed by atoms with Gasteiger partial charge in [0.15, 0.2) is 0 Å². The Morgan fingerprint density at radius 1 is 0.900 bits per heavy atom. The zero-order chi connectivity index (χ0) is 13.9. The largest absolute Gasteiger partial charge is 0.393 e. The summed E-state index contributed by atoms with van der Waals surface area (Å²) in [6, 6.07) is 15.4. The van der Waals surface area contributed by atoms with Gasteiger partial charge in [-0.05, 0) is 26.9 Å². The van der Waals surface area contributed by atoms with Crippen LogP contribution in [-0.4, -0.2) is 4.92 Å². The van der Waals surface area contributed by atoms with Crippen molar-refractivity contribution in [3.8, 4) is 0 Å². The van der Waals surface area contributed by atoms with Crippen LogP contribution < -0.4 is 5.73 Å². The third kappa shape index (κ3) is 1.25. The average Bonchev–Trinajstić information content (AvgIpc) is 2.46. The van der Waals surface area contributed by atoms with Crippen LogP contribution >= 0.6 is 0 Å². The van der Waals surface area contributed by atoms with Crippen molar-refractivity contribution >= 4 is 43.7 Å². The third-order valence-corrected chi connectivity index (χ3v) is 3.86. The number of hydrogen-bond acceptors (Lipinski definition) is 3. The van der Waals surface area contributed by atoms with Crippen molar-refractivity contribution in [2.75, 3.05) is 5.73 Å². The van der Waals surface area contributed by atoms with Crippen molar-refractivity contribution in [1.82, 2.24) is 0 Å². The van der Waals surface area contributed by atoms with Crippen LogP contribution in [0, 0.1) is 10.1 Å². The zero-order valence-electron chi connectivity index (χ0n) is 10.5. The zero-order valence-corrected chi connectivity index (χ0v) is 10.5. The second-order valence-electron chi connectivity index (χ2n) is 4.92. The summed E-state index contributed by atoms with van der Waals surface area (Å²) in [7, 11) is 0. The van der Waals surface area contributed by atoms with Gasteiger partial charge in [0.1, 0.15) is 5.69 Å². The minimum absolute atomic E-state index is 0.0316. The molecular weight excluding hydrogens is 252 g/mol. The van der Waals surface area contributed by atoms with Crippen LogP contribution in [0.1, 0.15) is 0 Å². The van der Waals surface area contributed by atoms with E-state index in [0.29, 0.717) is 0 Å². The molecule has 0 aliphatic carbocycles. The Labute approximate surface area is 113 Å². The predicted octanol–water partition coefficient (Wildman–Crippen LogP) is 4.07. The molecule has 0 bridgehead atoms. The lowest BCUT2D eigenvalue weighted by Crippen LogP contribution is -1.97. The maximum absolute atomic E-state index is 11.1. The molecule has 4 heteroatoms. The first-order chi connectivity index (χ1) is 9.66. The fraction of sp³-hybridized carbons (Fsp3) is 0. The van der Waals surface area contributed by atoms with Gasteiger partial charge in [0, 0.05) is 11.5 Å². The molecule has 4 aromatic carbocycles. The predicted molar refractivity (Wildman–Crippen MR) is 81.2 cm³/mol. The smallest absolute Gasteiger partial charge is 0.293 e. The van der Waals surface area contributed by atoms with Crippen molar-refractivity contribution in [3.05, 3.63) is 58.6 Å². The first-order valence-corrected chi connectivity index (χ1v) is 6.27. The van der Waals surface area contributed by atoms with Crippen molar-refractivity contribution in [1.29, 1.82) is 0 Å². The normalized spacial score (nSPS) is 11.6. The maximum Gasteiger partial charge on any atom is 0.293 e. The molecule has 0 saturated carbocycles. The minimum atomic E-state index is -0.427. The van der Waals surface area contributed by atoms with Crippen molar-refractivity contribution in [3.63, 3.8) is 0 Å². The van der Waals surface area contributed by atoms with Gasteiger partial charge >= 0.3 is 0 Å². The van der Waals surface area contributed by atoms with Gasteiger partial charge in [-0.1, -0.05) is 42.5 Å². The van der Waals surface area contributed by atoms with Crippen molar-refractivity contribution < 1.29 is 4.92 Å². The number of nitrogens with two attached hydrogens (primary N) is 1. The van der Waals surface area contributed by atoms with Crippen LogP contribution in [0.5, 0.6) is 0 Å². The number of rotatable bonds is 1.